The normalized spacial score (nSPS) is 10.8. The van der Waals surface area contributed by atoms with E-state index in [1.165, 1.54) is 6.07 Å². The smallest absolute Gasteiger partial charge is 0.488 e. The fourth-order valence-corrected chi connectivity index (χ4v) is 2.36. The summed E-state index contributed by atoms with van der Waals surface area (Å²) in [6, 6.07) is 15.3. The zero-order valence-electron chi connectivity index (χ0n) is 11.1. The SMILES string of the molecule is OB(O)c1ccc(-c2ccc3c(O)cc(O)cc3c2)cc1. The standard InChI is InChI=1S/C16H13BO4/c18-14-8-12-7-11(3-6-15(12)16(19)9-14)10-1-4-13(5-2-10)17(20)21/h1-9,18-21H. The molecule has 5 heteroatoms. The van der Waals surface area contributed by atoms with Gasteiger partial charge in [-0.3, -0.25) is 0 Å². The topological polar surface area (TPSA) is 80.9 Å². The van der Waals surface area contributed by atoms with Gasteiger partial charge in [0.25, 0.3) is 0 Å². The molecule has 0 atom stereocenters. The molecule has 21 heavy (non-hydrogen) atoms. The van der Waals surface area contributed by atoms with Crippen LogP contribution in [0.4, 0.5) is 0 Å². The molecule has 3 aromatic rings. The molecule has 0 aliphatic heterocycles. The van der Waals surface area contributed by atoms with Gasteiger partial charge in [0.15, 0.2) is 0 Å². The molecule has 0 fully saturated rings. The Hall–Kier alpha value is -2.50. The summed E-state index contributed by atoms with van der Waals surface area (Å²) in [7, 11) is -1.48. The molecule has 0 spiro atoms. The third-order valence-electron chi connectivity index (χ3n) is 3.46. The molecule has 104 valence electrons. The van der Waals surface area contributed by atoms with Gasteiger partial charge in [0.05, 0.1) is 0 Å². The van der Waals surface area contributed by atoms with Crippen molar-refractivity contribution in [2.24, 2.45) is 0 Å². The van der Waals surface area contributed by atoms with E-state index < -0.39 is 7.12 Å². The monoisotopic (exact) mass is 280 g/mol. The molecule has 4 nitrogen and oxygen atoms in total. The summed E-state index contributed by atoms with van der Waals surface area (Å²) < 4.78 is 0. The third-order valence-corrected chi connectivity index (χ3v) is 3.46. The Kier molecular flexibility index (Phi) is 3.29. The van der Waals surface area contributed by atoms with Gasteiger partial charge < -0.3 is 20.3 Å². The minimum Gasteiger partial charge on any atom is -0.508 e. The maximum absolute atomic E-state index is 9.80. The van der Waals surface area contributed by atoms with Crippen molar-refractivity contribution >= 4 is 23.4 Å². The maximum atomic E-state index is 9.80. The van der Waals surface area contributed by atoms with Crippen LogP contribution in [0.1, 0.15) is 0 Å². The molecule has 0 aliphatic carbocycles. The van der Waals surface area contributed by atoms with E-state index in [-0.39, 0.29) is 11.5 Å². The van der Waals surface area contributed by atoms with Crippen molar-refractivity contribution in [2.45, 2.75) is 0 Å². The average molecular weight is 280 g/mol. The van der Waals surface area contributed by atoms with Crippen molar-refractivity contribution in [3.63, 3.8) is 0 Å². The van der Waals surface area contributed by atoms with E-state index in [0.717, 1.165) is 16.5 Å². The van der Waals surface area contributed by atoms with Crippen LogP contribution in [-0.2, 0) is 0 Å². The van der Waals surface area contributed by atoms with Gasteiger partial charge in [0.2, 0.25) is 0 Å². The van der Waals surface area contributed by atoms with Gasteiger partial charge in [-0.15, -0.1) is 0 Å². The van der Waals surface area contributed by atoms with Crippen molar-refractivity contribution < 1.29 is 20.3 Å². The molecular formula is C16H13BO4. The van der Waals surface area contributed by atoms with E-state index in [2.05, 4.69) is 0 Å². The Morgan fingerprint density at radius 1 is 0.714 bits per heavy atom. The summed E-state index contributed by atoms with van der Waals surface area (Å²) in [5, 5.41) is 38.9. The molecule has 3 aromatic carbocycles. The number of phenolic OH excluding ortho intramolecular Hbond substituents is 2. The van der Waals surface area contributed by atoms with Crippen LogP contribution in [0.3, 0.4) is 0 Å². The van der Waals surface area contributed by atoms with E-state index in [1.807, 2.05) is 12.1 Å². The first-order valence-electron chi connectivity index (χ1n) is 6.47. The number of aromatic hydroxyl groups is 2. The van der Waals surface area contributed by atoms with Gasteiger partial charge in [0.1, 0.15) is 11.5 Å². The Morgan fingerprint density at radius 3 is 2.05 bits per heavy atom. The molecule has 0 radical (unpaired) electrons. The summed E-state index contributed by atoms with van der Waals surface area (Å²) in [5.41, 5.74) is 2.24. The predicted octanol–water partition coefficient (Wildman–Crippen LogP) is 1.60. The quantitative estimate of drug-likeness (QED) is 0.537. The molecule has 0 saturated heterocycles. The lowest BCUT2D eigenvalue weighted by Gasteiger charge is -2.07. The van der Waals surface area contributed by atoms with Crippen LogP contribution in [0.2, 0.25) is 0 Å². The van der Waals surface area contributed by atoms with E-state index in [0.29, 0.717) is 10.8 Å². The summed E-state index contributed by atoms with van der Waals surface area (Å²) in [4.78, 5) is 0. The van der Waals surface area contributed by atoms with E-state index in [9.17, 15) is 10.2 Å². The van der Waals surface area contributed by atoms with Crippen LogP contribution < -0.4 is 5.46 Å². The van der Waals surface area contributed by atoms with Crippen LogP contribution in [0, 0.1) is 0 Å². The maximum Gasteiger partial charge on any atom is 0.488 e. The largest absolute Gasteiger partial charge is 0.508 e. The van der Waals surface area contributed by atoms with Gasteiger partial charge in [-0.25, -0.2) is 0 Å². The number of phenols is 2. The van der Waals surface area contributed by atoms with Gasteiger partial charge in [-0.2, -0.15) is 0 Å². The Balaban J connectivity index is 2.08. The second kappa shape index (κ2) is 5.12. The van der Waals surface area contributed by atoms with Crippen molar-refractivity contribution in [3.05, 3.63) is 54.6 Å². The highest BCUT2D eigenvalue weighted by Gasteiger charge is 2.10. The highest BCUT2D eigenvalue weighted by atomic mass is 16.4. The van der Waals surface area contributed by atoms with Crippen molar-refractivity contribution in [3.8, 4) is 22.6 Å². The predicted molar refractivity (Wildman–Crippen MR) is 82.5 cm³/mol. The van der Waals surface area contributed by atoms with E-state index in [1.54, 1.807) is 36.4 Å². The lowest BCUT2D eigenvalue weighted by Crippen LogP contribution is -2.29. The fourth-order valence-electron chi connectivity index (χ4n) is 2.36. The summed E-state index contributed by atoms with van der Waals surface area (Å²) in [6.07, 6.45) is 0. The van der Waals surface area contributed by atoms with Gasteiger partial charge in [-0.1, -0.05) is 36.4 Å². The van der Waals surface area contributed by atoms with E-state index >= 15 is 0 Å². The van der Waals surface area contributed by atoms with Crippen molar-refractivity contribution in [1.29, 1.82) is 0 Å². The molecular weight excluding hydrogens is 267 g/mol. The molecule has 0 amide bonds. The lowest BCUT2D eigenvalue weighted by molar-refractivity contribution is 0.425. The Bertz CT molecular complexity index is 797. The molecule has 4 N–H and O–H groups in total. The molecule has 0 aromatic heterocycles. The molecule has 0 saturated carbocycles. The zero-order chi connectivity index (χ0) is 15.0. The minimum atomic E-state index is -1.48. The second-order valence-electron chi connectivity index (χ2n) is 4.90. The number of hydrogen-bond donors (Lipinski definition) is 4. The number of rotatable bonds is 2. The second-order valence-corrected chi connectivity index (χ2v) is 4.90. The number of fused-ring (bicyclic) bond motifs is 1. The molecule has 0 heterocycles. The van der Waals surface area contributed by atoms with Crippen LogP contribution in [0.15, 0.2) is 54.6 Å². The minimum absolute atomic E-state index is 0.0101. The molecule has 0 bridgehead atoms. The fraction of sp³-hybridized carbons (Fsp3) is 0. The number of hydrogen-bond acceptors (Lipinski definition) is 4. The van der Waals surface area contributed by atoms with E-state index in [4.69, 9.17) is 10.0 Å². The third kappa shape index (κ3) is 2.56. The average Bonchev–Trinajstić information content (AvgIpc) is 2.46. The highest BCUT2D eigenvalue weighted by molar-refractivity contribution is 6.58. The summed E-state index contributed by atoms with van der Waals surface area (Å²) >= 11 is 0. The van der Waals surface area contributed by atoms with Crippen LogP contribution in [-0.4, -0.2) is 27.4 Å². The summed E-state index contributed by atoms with van der Waals surface area (Å²) in [5.74, 6) is 0.0474. The molecule has 3 rings (SSSR count). The summed E-state index contributed by atoms with van der Waals surface area (Å²) in [6.45, 7) is 0. The van der Waals surface area contributed by atoms with Crippen LogP contribution in [0.25, 0.3) is 21.9 Å². The highest BCUT2D eigenvalue weighted by Crippen LogP contribution is 2.32. The number of benzene rings is 3. The van der Waals surface area contributed by atoms with Crippen molar-refractivity contribution in [2.75, 3.05) is 0 Å². The molecule has 0 unspecified atom stereocenters. The van der Waals surface area contributed by atoms with Crippen LogP contribution in [0.5, 0.6) is 11.5 Å². The van der Waals surface area contributed by atoms with Gasteiger partial charge >= 0.3 is 7.12 Å². The van der Waals surface area contributed by atoms with Crippen LogP contribution >= 0.6 is 0 Å². The zero-order valence-corrected chi connectivity index (χ0v) is 11.1. The Morgan fingerprint density at radius 2 is 1.38 bits per heavy atom. The molecule has 0 aliphatic rings. The van der Waals surface area contributed by atoms with Gasteiger partial charge in [0, 0.05) is 11.5 Å². The van der Waals surface area contributed by atoms with Gasteiger partial charge in [-0.05, 0) is 34.1 Å². The first-order chi connectivity index (χ1) is 10.0. The first-order valence-corrected chi connectivity index (χ1v) is 6.47. The lowest BCUT2D eigenvalue weighted by atomic mass is 9.80. The van der Waals surface area contributed by atoms with Crippen molar-refractivity contribution in [1.82, 2.24) is 0 Å². The first kappa shape index (κ1) is 13.5. The Labute approximate surface area is 121 Å².